The predicted molar refractivity (Wildman–Crippen MR) is 125 cm³/mol. The minimum atomic E-state index is -0.390. The van der Waals surface area contributed by atoms with Gasteiger partial charge in [-0.15, -0.1) is 0 Å². The van der Waals surface area contributed by atoms with E-state index in [1.807, 2.05) is 48.0 Å². The molecule has 0 fully saturated rings. The second-order valence-corrected chi connectivity index (χ2v) is 8.96. The molecule has 1 N–H and O–H groups in total. The first kappa shape index (κ1) is 22.9. The number of hydrogen-bond acceptors (Lipinski definition) is 4. The number of nitrogens with zero attached hydrogens (tertiary/aromatic N) is 4. The number of likely N-dealkylation sites (N-methyl/N-ethyl adjacent to an activating group) is 1. The van der Waals surface area contributed by atoms with Gasteiger partial charge in [-0.25, -0.2) is 9.07 Å². The Morgan fingerprint density at radius 1 is 1.16 bits per heavy atom. The molecule has 3 aromatic rings. The Morgan fingerprint density at radius 3 is 2.53 bits per heavy atom. The van der Waals surface area contributed by atoms with Gasteiger partial charge in [0.05, 0.1) is 23.2 Å². The Bertz CT molecular complexity index is 1030. The maximum absolute atomic E-state index is 13.3. The summed E-state index contributed by atoms with van der Waals surface area (Å²) in [4.78, 5) is 4.61. The van der Waals surface area contributed by atoms with Crippen LogP contribution in [0.3, 0.4) is 0 Å². The highest BCUT2D eigenvalue weighted by atomic mass is 35.5. The number of rotatable bonds is 8. The molecule has 7 heteroatoms. The Balaban J connectivity index is 1.63. The molecule has 0 radical (unpaired) electrons. The van der Waals surface area contributed by atoms with Crippen LogP contribution in [0.1, 0.15) is 36.4 Å². The van der Waals surface area contributed by atoms with Crippen molar-refractivity contribution in [3.8, 4) is 5.69 Å². The highest BCUT2D eigenvalue weighted by molar-refractivity contribution is 6.30. The van der Waals surface area contributed by atoms with Gasteiger partial charge in [-0.3, -0.25) is 9.80 Å². The SMILES string of the molecule is CCN(Cc1nn(-c2ccc(Cl)cc2)c2c1CN(Cc1ccc(F)cc1)CC2)CC(C)O. The van der Waals surface area contributed by atoms with Gasteiger partial charge in [0.15, 0.2) is 0 Å². The normalized spacial score (nSPS) is 15.2. The first-order valence-electron chi connectivity index (χ1n) is 11.2. The van der Waals surface area contributed by atoms with Crippen molar-refractivity contribution in [1.82, 2.24) is 19.6 Å². The molecule has 4 rings (SSSR count). The molecule has 5 nitrogen and oxygen atoms in total. The predicted octanol–water partition coefficient (Wildman–Crippen LogP) is 4.43. The molecule has 0 saturated carbocycles. The molecule has 1 aliphatic rings. The zero-order valence-corrected chi connectivity index (χ0v) is 19.4. The Kier molecular flexibility index (Phi) is 7.26. The third-order valence-corrected chi connectivity index (χ3v) is 6.21. The highest BCUT2D eigenvalue weighted by Gasteiger charge is 2.26. The van der Waals surface area contributed by atoms with Crippen molar-refractivity contribution < 1.29 is 9.50 Å². The number of fused-ring (bicyclic) bond motifs is 1. The van der Waals surface area contributed by atoms with Crippen molar-refractivity contribution in [1.29, 1.82) is 0 Å². The smallest absolute Gasteiger partial charge is 0.123 e. The number of benzene rings is 2. The molecule has 0 bridgehead atoms. The first-order valence-corrected chi connectivity index (χ1v) is 11.5. The number of aromatic nitrogens is 2. The lowest BCUT2D eigenvalue weighted by Crippen LogP contribution is -2.33. The van der Waals surface area contributed by atoms with Crippen LogP contribution in [0.5, 0.6) is 0 Å². The van der Waals surface area contributed by atoms with E-state index < -0.39 is 0 Å². The molecule has 0 saturated heterocycles. The van der Waals surface area contributed by atoms with E-state index in [1.165, 1.54) is 23.4 Å². The third-order valence-electron chi connectivity index (χ3n) is 5.95. The van der Waals surface area contributed by atoms with Gasteiger partial charge in [0.2, 0.25) is 0 Å². The van der Waals surface area contributed by atoms with Crippen LogP contribution in [0, 0.1) is 5.82 Å². The molecule has 1 atom stereocenters. The summed E-state index contributed by atoms with van der Waals surface area (Å²) in [6.45, 7) is 8.53. The van der Waals surface area contributed by atoms with Gasteiger partial charge in [0.25, 0.3) is 0 Å². The summed E-state index contributed by atoms with van der Waals surface area (Å²) < 4.78 is 15.3. The van der Waals surface area contributed by atoms with E-state index in [0.717, 1.165) is 49.5 Å². The second kappa shape index (κ2) is 10.1. The fraction of sp³-hybridized carbons (Fsp3) is 0.400. The summed E-state index contributed by atoms with van der Waals surface area (Å²) in [6, 6.07) is 14.5. The molecule has 1 aromatic heterocycles. The lowest BCUT2D eigenvalue weighted by atomic mass is 10.0. The van der Waals surface area contributed by atoms with E-state index in [2.05, 4.69) is 16.7 Å². The highest BCUT2D eigenvalue weighted by Crippen LogP contribution is 2.28. The molecular weight excluding hydrogens is 427 g/mol. The van der Waals surface area contributed by atoms with Gasteiger partial charge in [0.1, 0.15) is 5.82 Å². The van der Waals surface area contributed by atoms with Gasteiger partial charge in [-0.2, -0.15) is 5.10 Å². The lowest BCUT2D eigenvalue weighted by molar-refractivity contribution is 0.124. The van der Waals surface area contributed by atoms with Crippen molar-refractivity contribution in [2.75, 3.05) is 19.6 Å². The van der Waals surface area contributed by atoms with Crippen LogP contribution in [0.2, 0.25) is 5.02 Å². The largest absolute Gasteiger partial charge is 0.392 e. The van der Waals surface area contributed by atoms with Gasteiger partial charge in [-0.1, -0.05) is 30.7 Å². The summed E-state index contributed by atoms with van der Waals surface area (Å²) in [6.07, 6.45) is 0.494. The van der Waals surface area contributed by atoms with Gasteiger partial charge < -0.3 is 5.11 Å². The molecule has 0 spiro atoms. The topological polar surface area (TPSA) is 44.5 Å². The Labute approximate surface area is 194 Å². The number of aliphatic hydroxyl groups is 1. The van der Waals surface area contributed by atoms with E-state index in [1.54, 1.807) is 0 Å². The maximum Gasteiger partial charge on any atom is 0.123 e. The molecule has 1 aliphatic heterocycles. The van der Waals surface area contributed by atoms with E-state index in [0.29, 0.717) is 18.1 Å². The zero-order valence-electron chi connectivity index (χ0n) is 18.6. The average Bonchev–Trinajstić information content (AvgIpc) is 3.13. The van der Waals surface area contributed by atoms with Crippen molar-refractivity contribution in [3.63, 3.8) is 0 Å². The summed E-state index contributed by atoms with van der Waals surface area (Å²) >= 11 is 6.10. The Hall–Kier alpha value is -2.25. The molecule has 0 amide bonds. The molecular formula is C25H30ClFN4O. The summed E-state index contributed by atoms with van der Waals surface area (Å²) in [5.74, 6) is -0.209. The van der Waals surface area contributed by atoms with Crippen molar-refractivity contribution in [2.45, 2.75) is 46.0 Å². The quantitative estimate of drug-likeness (QED) is 0.544. The molecule has 1 unspecified atom stereocenters. The molecule has 32 heavy (non-hydrogen) atoms. The monoisotopic (exact) mass is 456 g/mol. The van der Waals surface area contributed by atoms with Crippen LogP contribution >= 0.6 is 11.6 Å². The van der Waals surface area contributed by atoms with Gasteiger partial charge in [0, 0.05) is 49.7 Å². The van der Waals surface area contributed by atoms with Crippen molar-refractivity contribution in [2.24, 2.45) is 0 Å². The number of hydrogen-bond donors (Lipinski definition) is 1. The van der Waals surface area contributed by atoms with E-state index in [9.17, 15) is 9.50 Å². The Morgan fingerprint density at radius 2 is 1.88 bits per heavy atom. The zero-order chi connectivity index (χ0) is 22.7. The van der Waals surface area contributed by atoms with Crippen LogP contribution < -0.4 is 0 Å². The summed E-state index contributed by atoms with van der Waals surface area (Å²) in [5, 5.41) is 15.6. The van der Waals surface area contributed by atoms with Crippen LogP contribution in [0.25, 0.3) is 5.69 Å². The van der Waals surface area contributed by atoms with Crippen molar-refractivity contribution >= 4 is 11.6 Å². The standard InChI is InChI=1S/C25H30ClFN4O/c1-3-29(14-18(2)32)17-24-23-16-30(15-19-4-8-21(27)9-5-19)13-12-25(23)31(28-24)22-10-6-20(26)7-11-22/h4-11,18,32H,3,12-17H2,1-2H3. The molecule has 170 valence electrons. The van der Waals surface area contributed by atoms with E-state index >= 15 is 0 Å². The number of aliphatic hydroxyl groups excluding tert-OH is 1. The molecule has 2 aromatic carbocycles. The maximum atomic E-state index is 13.3. The lowest BCUT2D eigenvalue weighted by Gasteiger charge is -2.28. The minimum Gasteiger partial charge on any atom is -0.392 e. The van der Waals surface area contributed by atoms with Crippen molar-refractivity contribution in [3.05, 3.63) is 81.9 Å². The fourth-order valence-electron chi connectivity index (χ4n) is 4.34. The fourth-order valence-corrected chi connectivity index (χ4v) is 4.46. The first-order chi connectivity index (χ1) is 15.4. The van der Waals surface area contributed by atoms with Crippen LogP contribution in [-0.4, -0.2) is 50.4 Å². The van der Waals surface area contributed by atoms with Gasteiger partial charge >= 0.3 is 0 Å². The van der Waals surface area contributed by atoms with E-state index in [-0.39, 0.29) is 11.9 Å². The molecule has 2 heterocycles. The van der Waals surface area contributed by atoms with Crippen LogP contribution in [-0.2, 0) is 26.1 Å². The van der Waals surface area contributed by atoms with Crippen LogP contribution in [0.4, 0.5) is 4.39 Å². The third kappa shape index (κ3) is 5.38. The number of halogens is 2. The minimum absolute atomic E-state index is 0.209. The summed E-state index contributed by atoms with van der Waals surface area (Å²) in [7, 11) is 0. The molecule has 0 aliphatic carbocycles. The summed E-state index contributed by atoms with van der Waals surface area (Å²) in [5.41, 5.74) is 5.62. The second-order valence-electron chi connectivity index (χ2n) is 8.52. The average molecular weight is 457 g/mol. The van der Waals surface area contributed by atoms with Gasteiger partial charge in [-0.05, 0) is 55.4 Å². The van der Waals surface area contributed by atoms with Crippen LogP contribution in [0.15, 0.2) is 48.5 Å². The van der Waals surface area contributed by atoms with E-state index in [4.69, 9.17) is 16.7 Å².